The monoisotopic (exact) mass is 408 g/mol. The molecule has 0 bridgehead atoms. The van der Waals surface area contributed by atoms with Crippen molar-refractivity contribution in [1.82, 2.24) is 9.78 Å². The number of ether oxygens (including phenoxy) is 2. The molecular formula is C22H24N4O4. The topological polar surface area (TPSA) is 97.6 Å². The molecule has 4 rings (SSSR count). The maximum absolute atomic E-state index is 12.7. The van der Waals surface area contributed by atoms with Crippen LogP contribution in [0.2, 0.25) is 0 Å². The van der Waals surface area contributed by atoms with Crippen molar-refractivity contribution in [3.63, 3.8) is 0 Å². The standard InChI is InChI=1S/C22H24N4O4/c1-22(2,3)19-11-20(26(25-19)16-6-4-5-14(9-16)12-27)24-21(28)23-15-7-8-17-18(10-15)30-13-29-17/h4-11,27H,12-13H2,1-3H3,(H2,23,24,28). The van der Waals surface area contributed by atoms with Crippen molar-refractivity contribution in [3.8, 4) is 17.2 Å². The molecule has 2 amide bonds. The van der Waals surface area contributed by atoms with Crippen LogP contribution in [0.25, 0.3) is 5.69 Å². The van der Waals surface area contributed by atoms with Crippen LogP contribution in [0.3, 0.4) is 0 Å². The van der Waals surface area contributed by atoms with E-state index in [9.17, 15) is 9.90 Å². The van der Waals surface area contributed by atoms with Crippen molar-refractivity contribution in [2.45, 2.75) is 32.8 Å². The van der Waals surface area contributed by atoms with E-state index in [0.717, 1.165) is 16.9 Å². The van der Waals surface area contributed by atoms with Gasteiger partial charge in [0.1, 0.15) is 5.82 Å². The summed E-state index contributed by atoms with van der Waals surface area (Å²) in [5, 5.41) is 19.8. The van der Waals surface area contributed by atoms with E-state index >= 15 is 0 Å². The van der Waals surface area contributed by atoms with Gasteiger partial charge in [-0.1, -0.05) is 32.9 Å². The average molecular weight is 408 g/mol. The number of benzene rings is 2. The Kier molecular flexibility index (Phi) is 5.09. The quantitative estimate of drug-likeness (QED) is 0.605. The number of aliphatic hydroxyl groups is 1. The summed E-state index contributed by atoms with van der Waals surface area (Å²) < 4.78 is 12.3. The number of nitrogens with zero attached hydrogens (tertiary/aromatic N) is 2. The van der Waals surface area contributed by atoms with E-state index in [1.807, 2.05) is 30.3 Å². The number of carbonyl (C=O) groups excluding carboxylic acids is 1. The van der Waals surface area contributed by atoms with Gasteiger partial charge in [0.2, 0.25) is 6.79 Å². The summed E-state index contributed by atoms with van der Waals surface area (Å²) in [4.78, 5) is 12.7. The molecule has 0 unspecified atom stereocenters. The summed E-state index contributed by atoms with van der Waals surface area (Å²) >= 11 is 0. The zero-order valence-corrected chi connectivity index (χ0v) is 17.1. The summed E-state index contributed by atoms with van der Waals surface area (Å²) in [6.07, 6.45) is 0. The number of anilines is 2. The smallest absolute Gasteiger partial charge is 0.324 e. The highest BCUT2D eigenvalue weighted by molar-refractivity contribution is 5.99. The molecule has 0 saturated heterocycles. The van der Waals surface area contributed by atoms with Crippen LogP contribution in [0.1, 0.15) is 32.0 Å². The molecule has 1 aromatic heterocycles. The highest BCUT2D eigenvalue weighted by Crippen LogP contribution is 2.34. The van der Waals surface area contributed by atoms with E-state index in [1.54, 1.807) is 22.9 Å². The molecular weight excluding hydrogens is 384 g/mol. The third-order valence-corrected chi connectivity index (χ3v) is 4.69. The fraction of sp³-hybridized carbons (Fsp3) is 0.273. The Hall–Kier alpha value is -3.52. The normalized spacial score (nSPS) is 12.7. The highest BCUT2D eigenvalue weighted by atomic mass is 16.7. The fourth-order valence-corrected chi connectivity index (χ4v) is 3.07. The largest absolute Gasteiger partial charge is 0.454 e. The molecule has 3 N–H and O–H groups in total. The number of fused-ring (bicyclic) bond motifs is 1. The molecule has 156 valence electrons. The lowest BCUT2D eigenvalue weighted by atomic mass is 9.92. The first-order chi connectivity index (χ1) is 14.3. The first-order valence-corrected chi connectivity index (χ1v) is 9.62. The van der Waals surface area contributed by atoms with Crippen LogP contribution in [0, 0.1) is 0 Å². The van der Waals surface area contributed by atoms with Gasteiger partial charge in [0, 0.05) is 23.2 Å². The van der Waals surface area contributed by atoms with E-state index in [0.29, 0.717) is 23.0 Å². The number of urea groups is 1. The first-order valence-electron chi connectivity index (χ1n) is 9.62. The lowest BCUT2D eigenvalue weighted by Gasteiger charge is -2.14. The second-order valence-corrected chi connectivity index (χ2v) is 8.05. The minimum absolute atomic E-state index is 0.0748. The van der Waals surface area contributed by atoms with Crippen LogP contribution in [0.5, 0.6) is 11.5 Å². The molecule has 0 atom stereocenters. The summed E-state index contributed by atoms with van der Waals surface area (Å²) in [7, 11) is 0. The van der Waals surface area contributed by atoms with Gasteiger partial charge in [0.25, 0.3) is 0 Å². The molecule has 8 nitrogen and oxygen atoms in total. The average Bonchev–Trinajstić information content (AvgIpc) is 3.34. The minimum atomic E-state index is -0.409. The molecule has 0 aliphatic carbocycles. The summed E-state index contributed by atoms with van der Waals surface area (Å²) in [5.41, 5.74) is 2.72. The van der Waals surface area contributed by atoms with Gasteiger partial charge in [-0.05, 0) is 29.8 Å². The van der Waals surface area contributed by atoms with Gasteiger partial charge < -0.3 is 19.9 Å². The van der Waals surface area contributed by atoms with Gasteiger partial charge in [-0.3, -0.25) is 5.32 Å². The maximum Gasteiger partial charge on any atom is 0.324 e. The number of amides is 2. The van der Waals surface area contributed by atoms with Crippen LogP contribution in [0.15, 0.2) is 48.5 Å². The summed E-state index contributed by atoms with van der Waals surface area (Å²) in [5.74, 6) is 1.76. The Morgan fingerprint density at radius 2 is 1.90 bits per heavy atom. The number of aromatic nitrogens is 2. The van der Waals surface area contributed by atoms with Gasteiger partial charge in [0.05, 0.1) is 18.0 Å². The van der Waals surface area contributed by atoms with Crippen LogP contribution in [0.4, 0.5) is 16.3 Å². The third-order valence-electron chi connectivity index (χ3n) is 4.69. The van der Waals surface area contributed by atoms with Gasteiger partial charge in [-0.15, -0.1) is 0 Å². The number of nitrogens with one attached hydrogen (secondary N) is 2. The molecule has 8 heteroatoms. The lowest BCUT2D eigenvalue weighted by molar-refractivity contribution is 0.174. The number of hydrogen-bond acceptors (Lipinski definition) is 5. The Morgan fingerprint density at radius 1 is 1.10 bits per heavy atom. The highest BCUT2D eigenvalue weighted by Gasteiger charge is 2.22. The van der Waals surface area contributed by atoms with Crippen LogP contribution in [-0.4, -0.2) is 27.7 Å². The van der Waals surface area contributed by atoms with Crippen molar-refractivity contribution < 1.29 is 19.4 Å². The molecule has 0 spiro atoms. The van der Waals surface area contributed by atoms with E-state index in [4.69, 9.17) is 14.6 Å². The Bertz CT molecular complexity index is 1080. The molecule has 1 aliphatic rings. The molecule has 0 fully saturated rings. The second kappa shape index (κ2) is 7.72. The number of aliphatic hydroxyl groups excluding tert-OH is 1. The Morgan fingerprint density at radius 3 is 2.67 bits per heavy atom. The zero-order valence-electron chi connectivity index (χ0n) is 17.1. The molecule has 3 aromatic rings. The van der Waals surface area contributed by atoms with E-state index in [-0.39, 0.29) is 18.8 Å². The molecule has 0 radical (unpaired) electrons. The Balaban J connectivity index is 1.60. The molecule has 0 saturated carbocycles. The van der Waals surface area contributed by atoms with Crippen molar-refractivity contribution in [2.75, 3.05) is 17.4 Å². The number of rotatable bonds is 4. The molecule has 30 heavy (non-hydrogen) atoms. The predicted molar refractivity (Wildman–Crippen MR) is 113 cm³/mol. The van der Waals surface area contributed by atoms with Gasteiger partial charge in [-0.2, -0.15) is 5.10 Å². The molecule has 2 heterocycles. The van der Waals surface area contributed by atoms with Crippen molar-refractivity contribution in [2.24, 2.45) is 0 Å². The number of hydrogen-bond donors (Lipinski definition) is 3. The van der Waals surface area contributed by atoms with Crippen molar-refractivity contribution in [1.29, 1.82) is 0 Å². The van der Waals surface area contributed by atoms with Crippen LogP contribution >= 0.6 is 0 Å². The van der Waals surface area contributed by atoms with Crippen molar-refractivity contribution in [3.05, 3.63) is 59.8 Å². The van der Waals surface area contributed by atoms with Crippen LogP contribution in [-0.2, 0) is 12.0 Å². The van der Waals surface area contributed by atoms with Gasteiger partial charge in [0.15, 0.2) is 11.5 Å². The van der Waals surface area contributed by atoms with E-state index < -0.39 is 6.03 Å². The van der Waals surface area contributed by atoms with Gasteiger partial charge in [-0.25, -0.2) is 9.48 Å². The minimum Gasteiger partial charge on any atom is -0.454 e. The summed E-state index contributed by atoms with van der Waals surface area (Å²) in [6, 6.07) is 14.0. The van der Waals surface area contributed by atoms with E-state index in [1.165, 1.54) is 0 Å². The fourth-order valence-electron chi connectivity index (χ4n) is 3.07. The Labute approximate surface area is 174 Å². The van der Waals surface area contributed by atoms with Gasteiger partial charge >= 0.3 is 6.03 Å². The van der Waals surface area contributed by atoms with Crippen LogP contribution < -0.4 is 20.1 Å². The second-order valence-electron chi connectivity index (χ2n) is 8.05. The van der Waals surface area contributed by atoms with E-state index in [2.05, 4.69) is 31.4 Å². The maximum atomic E-state index is 12.7. The molecule has 2 aromatic carbocycles. The van der Waals surface area contributed by atoms with Crippen molar-refractivity contribution >= 4 is 17.5 Å². The molecule has 1 aliphatic heterocycles. The number of carbonyl (C=O) groups is 1. The summed E-state index contributed by atoms with van der Waals surface area (Å²) in [6.45, 7) is 6.27. The lowest BCUT2D eigenvalue weighted by Crippen LogP contribution is -2.21. The zero-order chi connectivity index (χ0) is 21.3. The third kappa shape index (κ3) is 4.08. The first kappa shape index (κ1) is 19.8. The SMILES string of the molecule is CC(C)(C)c1cc(NC(=O)Nc2ccc3c(c2)OCO3)n(-c2cccc(CO)c2)n1. The predicted octanol–water partition coefficient (Wildman–Crippen LogP) is 4.03.